The van der Waals surface area contributed by atoms with Crippen LogP contribution in [-0.2, 0) is 0 Å². The summed E-state index contributed by atoms with van der Waals surface area (Å²) < 4.78 is 1.11. The van der Waals surface area contributed by atoms with Crippen LogP contribution in [0.1, 0.15) is 5.56 Å². The third-order valence-corrected chi connectivity index (χ3v) is 4.88. The summed E-state index contributed by atoms with van der Waals surface area (Å²) in [5.74, 6) is 0. The topological polar surface area (TPSA) is 38.9 Å². The van der Waals surface area contributed by atoms with Gasteiger partial charge in [-0.3, -0.25) is 0 Å². The average molecular weight is 345 g/mol. The van der Waals surface area contributed by atoms with Gasteiger partial charge in [-0.05, 0) is 30.7 Å². The molecule has 0 bridgehead atoms. The molecule has 2 aromatic carbocycles. The second-order valence-corrected chi connectivity index (χ2v) is 6.34. The second kappa shape index (κ2) is 5.38. The van der Waals surface area contributed by atoms with Crippen molar-refractivity contribution < 1.29 is 0 Å². The summed E-state index contributed by atoms with van der Waals surface area (Å²) in [5.41, 5.74) is 10.9. The van der Waals surface area contributed by atoms with E-state index in [4.69, 9.17) is 10.7 Å². The van der Waals surface area contributed by atoms with Gasteiger partial charge in [0, 0.05) is 26.7 Å². The largest absolute Gasteiger partial charge is 0.399 e. The third kappa shape index (κ3) is 2.62. The number of nitrogens with two attached hydrogens (primary N) is 1. The van der Waals surface area contributed by atoms with E-state index in [1.807, 2.05) is 24.3 Å². The van der Waals surface area contributed by atoms with E-state index in [9.17, 15) is 0 Å². The Hall–Kier alpha value is -1.65. The molecule has 3 aromatic rings. The molecule has 100 valence electrons. The molecule has 0 aliphatic rings. The lowest BCUT2D eigenvalue weighted by Gasteiger charge is -2.01. The number of anilines is 1. The van der Waals surface area contributed by atoms with Crippen LogP contribution in [0.25, 0.3) is 21.8 Å². The molecule has 0 aliphatic carbocycles. The maximum absolute atomic E-state index is 5.71. The Labute approximate surface area is 130 Å². The number of rotatable bonds is 2. The quantitative estimate of drug-likeness (QED) is 0.654. The molecule has 0 amide bonds. The maximum atomic E-state index is 5.71. The monoisotopic (exact) mass is 344 g/mol. The summed E-state index contributed by atoms with van der Waals surface area (Å²) in [5, 5.41) is 3.10. The smallest absolute Gasteiger partial charge is 0.124 e. The van der Waals surface area contributed by atoms with Gasteiger partial charge >= 0.3 is 0 Å². The Morgan fingerprint density at radius 2 is 1.75 bits per heavy atom. The van der Waals surface area contributed by atoms with E-state index in [0.717, 1.165) is 32.0 Å². The van der Waals surface area contributed by atoms with Crippen LogP contribution in [0.4, 0.5) is 5.69 Å². The van der Waals surface area contributed by atoms with Gasteiger partial charge in [0.1, 0.15) is 5.01 Å². The molecule has 2 nitrogen and oxygen atoms in total. The first-order valence-electron chi connectivity index (χ1n) is 6.21. The van der Waals surface area contributed by atoms with Gasteiger partial charge in [0.05, 0.1) is 5.69 Å². The van der Waals surface area contributed by atoms with E-state index in [1.54, 1.807) is 11.3 Å². The molecule has 1 aromatic heterocycles. The van der Waals surface area contributed by atoms with Crippen molar-refractivity contribution in [2.75, 3.05) is 5.73 Å². The highest BCUT2D eigenvalue weighted by Crippen LogP contribution is 2.31. The van der Waals surface area contributed by atoms with Crippen LogP contribution in [0.5, 0.6) is 0 Å². The molecule has 20 heavy (non-hydrogen) atoms. The minimum Gasteiger partial charge on any atom is -0.399 e. The lowest BCUT2D eigenvalue weighted by molar-refractivity contribution is 1.38. The first-order chi connectivity index (χ1) is 9.63. The van der Waals surface area contributed by atoms with Gasteiger partial charge < -0.3 is 5.73 Å². The molecular weight excluding hydrogens is 332 g/mol. The van der Waals surface area contributed by atoms with Crippen molar-refractivity contribution in [2.45, 2.75) is 6.92 Å². The number of benzene rings is 2. The van der Waals surface area contributed by atoms with Gasteiger partial charge in [-0.15, -0.1) is 11.3 Å². The fourth-order valence-corrected chi connectivity index (χ4v) is 3.12. The molecule has 0 atom stereocenters. The summed E-state index contributed by atoms with van der Waals surface area (Å²) in [6, 6.07) is 14.1. The lowest BCUT2D eigenvalue weighted by Crippen LogP contribution is -1.84. The van der Waals surface area contributed by atoms with Crippen LogP contribution in [0.15, 0.2) is 52.3 Å². The van der Waals surface area contributed by atoms with E-state index in [2.05, 4.69) is 46.4 Å². The van der Waals surface area contributed by atoms with E-state index in [0.29, 0.717) is 0 Å². The predicted molar refractivity (Wildman–Crippen MR) is 89.8 cm³/mol. The van der Waals surface area contributed by atoms with Crippen molar-refractivity contribution in [1.29, 1.82) is 0 Å². The number of aryl methyl sites for hydroxylation is 1. The van der Waals surface area contributed by atoms with Gasteiger partial charge in [-0.25, -0.2) is 4.98 Å². The zero-order chi connectivity index (χ0) is 14.1. The number of aromatic nitrogens is 1. The second-order valence-electron chi connectivity index (χ2n) is 4.62. The minimum absolute atomic E-state index is 0.770. The number of hydrogen-bond acceptors (Lipinski definition) is 3. The highest BCUT2D eigenvalue weighted by atomic mass is 79.9. The molecule has 0 unspecified atom stereocenters. The molecule has 0 aliphatic heterocycles. The van der Waals surface area contributed by atoms with Crippen LogP contribution >= 0.6 is 27.3 Å². The van der Waals surface area contributed by atoms with Crippen LogP contribution < -0.4 is 5.73 Å². The van der Waals surface area contributed by atoms with Crippen LogP contribution in [0.2, 0.25) is 0 Å². The summed E-state index contributed by atoms with van der Waals surface area (Å²) >= 11 is 5.22. The molecule has 0 saturated carbocycles. The summed E-state index contributed by atoms with van der Waals surface area (Å²) in [7, 11) is 0. The summed E-state index contributed by atoms with van der Waals surface area (Å²) in [6.45, 7) is 2.08. The van der Waals surface area contributed by atoms with Crippen LogP contribution in [-0.4, -0.2) is 4.98 Å². The lowest BCUT2D eigenvalue weighted by atomic mass is 10.1. The highest BCUT2D eigenvalue weighted by Gasteiger charge is 2.07. The van der Waals surface area contributed by atoms with Crippen molar-refractivity contribution in [1.82, 2.24) is 4.98 Å². The number of nitrogen functional groups attached to an aromatic ring is 1. The fraction of sp³-hybridized carbons (Fsp3) is 0.0625. The van der Waals surface area contributed by atoms with Crippen molar-refractivity contribution in [3.8, 4) is 21.8 Å². The zero-order valence-corrected chi connectivity index (χ0v) is 13.3. The number of halogens is 1. The predicted octanol–water partition coefficient (Wildman–Crippen LogP) is 5.13. The van der Waals surface area contributed by atoms with Gasteiger partial charge in [0.15, 0.2) is 0 Å². The summed E-state index contributed by atoms with van der Waals surface area (Å²) in [4.78, 5) is 4.71. The molecule has 0 saturated heterocycles. The molecule has 4 heteroatoms. The fourth-order valence-electron chi connectivity index (χ4n) is 1.92. The molecule has 0 spiro atoms. The van der Waals surface area contributed by atoms with Gasteiger partial charge in [0.2, 0.25) is 0 Å². The molecule has 1 heterocycles. The molecule has 0 radical (unpaired) electrons. The minimum atomic E-state index is 0.770. The third-order valence-electron chi connectivity index (χ3n) is 3.13. The van der Waals surface area contributed by atoms with Gasteiger partial charge in [0.25, 0.3) is 0 Å². The van der Waals surface area contributed by atoms with Crippen LogP contribution in [0, 0.1) is 6.92 Å². The van der Waals surface area contributed by atoms with E-state index in [1.165, 1.54) is 5.56 Å². The first kappa shape index (κ1) is 13.3. The highest BCUT2D eigenvalue weighted by molar-refractivity contribution is 9.10. The number of nitrogens with zero attached hydrogens (tertiary/aromatic N) is 1. The SMILES string of the molecule is Cc1ccc(-c2nc(-c3ccc(N)cc3)cs2)cc1Br. The van der Waals surface area contributed by atoms with E-state index in [-0.39, 0.29) is 0 Å². The number of thiazole rings is 1. The molecular formula is C16H13BrN2S. The molecule has 3 rings (SSSR count). The zero-order valence-electron chi connectivity index (χ0n) is 10.9. The van der Waals surface area contributed by atoms with Gasteiger partial charge in [-0.1, -0.05) is 40.2 Å². The van der Waals surface area contributed by atoms with Crippen molar-refractivity contribution in [3.05, 3.63) is 57.9 Å². The molecule has 0 fully saturated rings. The Morgan fingerprint density at radius 3 is 2.45 bits per heavy atom. The van der Waals surface area contributed by atoms with E-state index < -0.39 is 0 Å². The maximum Gasteiger partial charge on any atom is 0.124 e. The summed E-state index contributed by atoms with van der Waals surface area (Å²) in [6.07, 6.45) is 0. The van der Waals surface area contributed by atoms with Crippen molar-refractivity contribution in [3.63, 3.8) is 0 Å². The Bertz CT molecular complexity index is 747. The Morgan fingerprint density at radius 1 is 1.05 bits per heavy atom. The van der Waals surface area contributed by atoms with E-state index >= 15 is 0 Å². The first-order valence-corrected chi connectivity index (χ1v) is 7.89. The Kier molecular flexibility index (Phi) is 3.59. The average Bonchev–Trinajstić information content (AvgIpc) is 2.92. The number of hydrogen-bond donors (Lipinski definition) is 1. The molecule has 2 N–H and O–H groups in total. The normalized spacial score (nSPS) is 10.7. The van der Waals surface area contributed by atoms with Gasteiger partial charge in [-0.2, -0.15) is 0 Å². The standard InChI is InChI=1S/C16H13BrN2S/c1-10-2-3-12(8-14(10)17)16-19-15(9-20-16)11-4-6-13(18)7-5-11/h2-9H,18H2,1H3. The van der Waals surface area contributed by atoms with Crippen molar-refractivity contribution in [2.24, 2.45) is 0 Å². The van der Waals surface area contributed by atoms with Crippen molar-refractivity contribution >= 4 is 33.0 Å². The Balaban J connectivity index is 1.97. The van der Waals surface area contributed by atoms with Crippen LogP contribution in [0.3, 0.4) is 0 Å².